The fourth-order valence-corrected chi connectivity index (χ4v) is 4.09. The Morgan fingerprint density at radius 1 is 1.39 bits per heavy atom. The molecule has 2 atom stereocenters. The van der Waals surface area contributed by atoms with E-state index in [1.165, 1.54) is 12.8 Å². The summed E-state index contributed by atoms with van der Waals surface area (Å²) in [6.45, 7) is 5.78. The lowest BCUT2D eigenvalue weighted by molar-refractivity contribution is 0.0948. The molecule has 2 heterocycles. The Kier molecular flexibility index (Phi) is 4.46. The minimum atomic E-state index is -0.0136. The van der Waals surface area contributed by atoms with E-state index in [4.69, 9.17) is 0 Å². The molecular weight excluding hydrogens is 288 g/mol. The number of nitrogens with one attached hydrogen (secondary N) is 1. The van der Waals surface area contributed by atoms with E-state index in [-0.39, 0.29) is 12.1 Å². The second-order valence-electron chi connectivity index (χ2n) is 7.25. The number of carbonyl (C=O) groups excluding carboxylic acids is 1. The van der Waals surface area contributed by atoms with Crippen molar-refractivity contribution in [1.29, 1.82) is 0 Å². The first kappa shape index (κ1) is 16.1. The second-order valence-corrected chi connectivity index (χ2v) is 7.25. The zero-order valence-corrected chi connectivity index (χ0v) is 14.5. The van der Waals surface area contributed by atoms with Crippen LogP contribution in [0.3, 0.4) is 0 Å². The number of aryl methyl sites for hydroxylation is 2. The van der Waals surface area contributed by atoms with Gasteiger partial charge >= 0.3 is 6.03 Å². The highest BCUT2D eigenvalue weighted by molar-refractivity contribution is 5.75. The van der Waals surface area contributed by atoms with Crippen molar-refractivity contribution >= 4 is 6.03 Å². The van der Waals surface area contributed by atoms with Gasteiger partial charge in [-0.15, -0.1) is 0 Å². The monoisotopic (exact) mass is 316 g/mol. The molecule has 23 heavy (non-hydrogen) atoms. The van der Waals surface area contributed by atoms with Crippen LogP contribution in [0.15, 0.2) is 18.3 Å². The minimum absolute atomic E-state index is 0.0136. The number of likely N-dealkylation sites (tertiary alicyclic amines) is 1. The molecule has 126 valence electrons. The van der Waals surface area contributed by atoms with E-state index in [0.717, 1.165) is 43.6 Å². The summed E-state index contributed by atoms with van der Waals surface area (Å²) in [6.07, 6.45) is 12.4. The van der Waals surface area contributed by atoms with Gasteiger partial charge in [0.1, 0.15) is 0 Å². The van der Waals surface area contributed by atoms with Gasteiger partial charge in [0.25, 0.3) is 0 Å². The summed E-state index contributed by atoms with van der Waals surface area (Å²) in [5.74, 6) is 0. The van der Waals surface area contributed by atoms with Gasteiger partial charge in [-0.25, -0.2) is 4.79 Å². The number of urea groups is 1. The Morgan fingerprint density at radius 3 is 2.87 bits per heavy atom. The van der Waals surface area contributed by atoms with E-state index >= 15 is 0 Å². The van der Waals surface area contributed by atoms with Gasteiger partial charge in [-0.1, -0.05) is 12.2 Å². The van der Waals surface area contributed by atoms with Crippen molar-refractivity contribution in [2.45, 2.75) is 52.0 Å². The number of allylic oxidation sites excluding steroid dienone is 2. The third-order valence-electron chi connectivity index (χ3n) is 5.37. The van der Waals surface area contributed by atoms with Crippen molar-refractivity contribution in [1.82, 2.24) is 20.0 Å². The largest absolute Gasteiger partial charge is 0.331 e. The smallest absolute Gasteiger partial charge is 0.317 e. The van der Waals surface area contributed by atoms with E-state index in [9.17, 15) is 4.79 Å². The lowest BCUT2D eigenvalue weighted by atomic mass is 9.71. The van der Waals surface area contributed by atoms with E-state index in [1.807, 2.05) is 32.0 Å². The topological polar surface area (TPSA) is 50.2 Å². The van der Waals surface area contributed by atoms with Gasteiger partial charge in [-0.2, -0.15) is 5.10 Å². The van der Waals surface area contributed by atoms with E-state index in [0.29, 0.717) is 5.41 Å². The highest BCUT2D eigenvalue weighted by Crippen LogP contribution is 2.40. The number of hydrogen-bond donors (Lipinski definition) is 1. The molecule has 1 aliphatic carbocycles. The Balaban J connectivity index is 1.63. The molecule has 2 amide bonds. The quantitative estimate of drug-likeness (QED) is 0.851. The average molecular weight is 316 g/mol. The van der Waals surface area contributed by atoms with Crippen LogP contribution in [-0.4, -0.2) is 33.8 Å². The number of hydrogen-bond acceptors (Lipinski definition) is 2. The number of nitrogens with zero attached hydrogens (tertiary/aromatic N) is 3. The molecule has 5 heteroatoms. The molecule has 0 aromatic carbocycles. The molecule has 1 N–H and O–H groups in total. The van der Waals surface area contributed by atoms with E-state index in [1.54, 1.807) is 4.68 Å². The van der Waals surface area contributed by atoms with E-state index < -0.39 is 0 Å². The molecule has 0 bridgehead atoms. The summed E-state index contributed by atoms with van der Waals surface area (Å²) < 4.78 is 1.80. The molecule has 1 spiro atoms. The van der Waals surface area contributed by atoms with Crippen molar-refractivity contribution in [3.63, 3.8) is 0 Å². The van der Waals surface area contributed by atoms with Crippen LogP contribution >= 0.6 is 0 Å². The van der Waals surface area contributed by atoms with Crippen LogP contribution < -0.4 is 5.32 Å². The molecule has 1 aliphatic heterocycles. The SMILES string of the molecule is Cc1nn(C)cc1C(C)NC(=O)N1CCCC2(CC=CCC2)C1. The van der Waals surface area contributed by atoms with Gasteiger partial charge in [0.15, 0.2) is 0 Å². The first-order valence-electron chi connectivity index (χ1n) is 8.70. The van der Waals surface area contributed by atoms with Crippen LogP contribution in [0.4, 0.5) is 4.79 Å². The minimum Gasteiger partial charge on any atom is -0.331 e. The van der Waals surface area contributed by atoms with Gasteiger partial charge in [0.2, 0.25) is 0 Å². The van der Waals surface area contributed by atoms with Crippen molar-refractivity contribution < 1.29 is 4.79 Å². The van der Waals surface area contributed by atoms with Crippen molar-refractivity contribution in [3.05, 3.63) is 29.6 Å². The van der Waals surface area contributed by atoms with Crippen LogP contribution in [0.25, 0.3) is 0 Å². The molecule has 1 fully saturated rings. The second kappa shape index (κ2) is 6.38. The summed E-state index contributed by atoms with van der Waals surface area (Å²) in [6, 6.07) is 0.0507. The maximum absolute atomic E-state index is 12.7. The molecule has 0 radical (unpaired) electrons. The number of carbonyl (C=O) groups is 1. The first-order chi connectivity index (χ1) is 11.0. The summed E-state index contributed by atoms with van der Waals surface area (Å²) in [4.78, 5) is 14.7. The molecule has 1 aromatic heterocycles. The molecule has 3 rings (SSSR count). The van der Waals surface area contributed by atoms with Gasteiger partial charge < -0.3 is 10.2 Å². The highest BCUT2D eigenvalue weighted by Gasteiger charge is 2.37. The molecule has 1 aromatic rings. The Morgan fingerprint density at radius 2 is 2.22 bits per heavy atom. The fourth-order valence-electron chi connectivity index (χ4n) is 4.09. The third kappa shape index (κ3) is 3.43. The zero-order chi connectivity index (χ0) is 16.4. The number of rotatable bonds is 2. The molecule has 2 aliphatic rings. The fraction of sp³-hybridized carbons (Fsp3) is 0.667. The normalized spacial score (nSPS) is 25.6. The number of aromatic nitrogens is 2. The lowest BCUT2D eigenvalue weighted by Gasteiger charge is -2.44. The molecule has 1 saturated heterocycles. The first-order valence-corrected chi connectivity index (χ1v) is 8.70. The number of amides is 2. The number of piperidine rings is 1. The van der Waals surface area contributed by atoms with Gasteiger partial charge in [-0.3, -0.25) is 4.68 Å². The standard InChI is InChI=1S/C18H28N4O/c1-14(16-12-21(3)20-15(16)2)19-17(23)22-11-7-10-18(13-22)8-5-4-6-9-18/h4-5,12,14H,6-11,13H2,1-3H3,(H,19,23). The summed E-state index contributed by atoms with van der Waals surface area (Å²) in [7, 11) is 1.91. The van der Waals surface area contributed by atoms with E-state index in [2.05, 4.69) is 22.6 Å². The van der Waals surface area contributed by atoms with Crippen LogP contribution in [0.1, 0.15) is 56.3 Å². The summed E-state index contributed by atoms with van der Waals surface area (Å²) >= 11 is 0. The van der Waals surface area contributed by atoms with Crippen LogP contribution in [0.5, 0.6) is 0 Å². The zero-order valence-electron chi connectivity index (χ0n) is 14.5. The van der Waals surface area contributed by atoms with Crippen molar-refractivity contribution in [2.75, 3.05) is 13.1 Å². The maximum atomic E-state index is 12.7. The van der Waals surface area contributed by atoms with Gasteiger partial charge in [0, 0.05) is 31.9 Å². The van der Waals surface area contributed by atoms with Crippen LogP contribution in [0, 0.1) is 12.3 Å². The molecule has 2 unspecified atom stereocenters. The van der Waals surface area contributed by atoms with Crippen LogP contribution in [0.2, 0.25) is 0 Å². The predicted octanol–water partition coefficient (Wildman–Crippen LogP) is 3.32. The van der Waals surface area contributed by atoms with Gasteiger partial charge in [-0.05, 0) is 51.4 Å². The highest BCUT2D eigenvalue weighted by atomic mass is 16.2. The Hall–Kier alpha value is -1.78. The summed E-state index contributed by atoms with van der Waals surface area (Å²) in [5, 5.41) is 7.52. The van der Waals surface area contributed by atoms with Crippen LogP contribution in [-0.2, 0) is 7.05 Å². The Labute approximate surface area is 138 Å². The lowest BCUT2D eigenvalue weighted by Crippen LogP contribution is -2.50. The Bertz CT molecular complexity index is 606. The summed E-state index contributed by atoms with van der Waals surface area (Å²) in [5.41, 5.74) is 2.39. The third-order valence-corrected chi connectivity index (χ3v) is 5.37. The molecular formula is C18H28N4O. The average Bonchev–Trinajstić information content (AvgIpc) is 2.87. The molecule has 0 saturated carbocycles. The van der Waals surface area contributed by atoms with Crippen molar-refractivity contribution in [3.8, 4) is 0 Å². The van der Waals surface area contributed by atoms with Crippen molar-refractivity contribution in [2.24, 2.45) is 12.5 Å². The molecule has 5 nitrogen and oxygen atoms in total. The predicted molar refractivity (Wildman–Crippen MR) is 91.1 cm³/mol. The van der Waals surface area contributed by atoms with Gasteiger partial charge in [0.05, 0.1) is 11.7 Å². The maximum Gasteiger partial charge on any atom is 0.317 e.